The van der Waals surface area contributed by atoms with Gasteiger partial charge in [0.1, 0.15) is 17.8 Å². The van der Waals surface area contributed by atoms with Crippen LogP contribution in [0.4, 0.5) is 26.3 Å². The Morgan fingerprint density at radius 3 is 2.32 bits per heavy atom. The van der Waals surface area contributed by atoms with E-state index in [2.05, 4.69) is 4.98 Å². The number of carbonyl (C=O) groups is 1. The van der Waals surface area contributed by atoms with Crippen molar-refractivity contribution in [2.75, 3.05) is 0 Å². The lowest BCUT2D eigenvalue weighted by Crippen LogP contribution is -2.44. The van der Waals surface area contributed by atoms with Gasteiger partial charge in [0.25, 0.3) is 0 Å². The van der Waals surface area contributed by atoms with E-state index in [1.165, 1.54) is 13.0 Å². The lowest BCUT2D eigenvalue weighted by molar-refractivity contribution is -0.182. The van der Waals surface area contributed by atoms with Crippen molar-refractivity contribution in [3.8, 4) is 0 Å². The van der Waals surface area contributed by atoms with Gasteiger partial charge in [-0.2, -0.15) is 17.5 Å². The van der Waals surface area contributed by atoms with Gasteiger partial charge in [-0.15, -0.1) is 0 Å². The van der Waals surface area contributed by atoms with Crippen LogP contribution < -0.4 is 0 Å². The Bertz CT molecular complexity index is 1260. The molecule has 38 heavy (non-hydrogen) atoms. The van der Waals surface area contributed by atoms with E-state index >= 15 is 0 Å². The Hall–Kier alpha value is -2.47. The molecule has 2 aromatic rings. The third-order valence-corrected chi connectivity index (χ3v) is 9.66. The number of hydrogen-bond donors (Lipinski definition) is 0. The molecule has 0 amide bonds. The number of rotatable bonds is 7. The molecule has 2 fully saturated rings. The zero-order valence-corrected chi connectivity index (χ0v) is 21.4. The highest BCUT2D eigenvalue weighted by Gasteiger charge is 2.48. The van der Waals surface area contributed by atoms with Crippen molar-refractivity contribution in [2.45, 2.75) is 87.1 Å². The van der Waals surface area contributed by atoms with E-state index in [1.54, 1.807) is 0 Å². The van der Waals surface area contributed by atoms with Crippen molar-refractivity contribution in [1.82, 2.24) is 9.29 Å². The average molecular weight is 563 g/mol. The van der Waals surface area contributed by atoms with Crippen molar-refractivity contribution in [3.63, 3.8) is 0 Å². The van der Waals surface area contributed by atoms with Crippen LogP contribution in [0.5, 0.6) is 0 Å². The van der Waals surface area contributed by atoms with Crippen LogP contribution in [0.15, 0.2) is 41.4 Å². The van der Waals surface area contributed by atoms with Crippen LogP contribution in [0.2, 0.25) is 0 Å². The van der Waals surface area contributed by atoms with Gasteiger partial charge in [0.2, 0.25) is 10.0 Å². The van der Waals surface area contributed by atoms with E-state index in [1.807, 2.05) is 0 Å². The summed E-state index contributed by atoms with van der Waals surface area (Å²) in [7, 11) is -4.32. The van der Waals surface area contributed by atoms with Gasteiger partial charge in [-0.1, -0.05) is 0 Å². The van der Waals surface area contributed by atoms with Gasteiger partial charge in [-0.25, -0.2) is 21.6 Å². The number of aromatic nitrogens is 1. The molecule has 2 aliphatic rings. The number of alkyl halides is 4. The lowest BCUT2D eigenvalue weighted by atomic mass is 9.80. The molecular weight excluding hydrogens is 534 g/mol. The summed E-state index contributed by atoms with van der Waals surface area (Å²) in [6, 6.07) is 3.00. The number of carbonyl (C=O) groups excluding carboxylic acids is 1. The summed E-state index contributed by atoms with van der Waals surface area (Å²) in [5, 5.41) is 0. The molecule has 0 bridgehead atoms. The third-order valence-electron chi connectivity index (χ3n) is 7.65. The first-order chi connectivity index (χ1) is 17.8. The molecule has 1 aromatic heterocycles. The first-order valence-electron chi connectivity index (χ1n) is 12.5. The Balaban J connectivity index is 1.46. The van der Waals surface area contributed by atoms with Gasteiger partial charge in [0.15, 0.2) is 5.78 Å². The normalized spacial score (nSPS) is 27.0. The number of nitrogens with zero attached hydrogens (tertiary/aromatic N) is 2. The van der Waals surface area contributed by atoms with Crippen molar-refractivity contribution in [3.05, 3.63) is 59.4 Å². The average Bonchev–Trinajstić information content (AvgIpc) is 3.18. The predicted octanol–water partition coefficient (Wildman–Crippen LogP) is 5.89. The number of hydrogen-bond acceptors (Lipinski definition) is 4. The minimum absolute atomic E-state index is 0.0380. The molecule has 5 nitrogen and oxygen atoms in total. The number of pyridine rings is 1. The second-order valence-corrected chi connectivity index (χ2v) is 11.9. The lowest BCUT2D eigenvalue weighted by Gasteiger charge is -2.29. The number of Topliss-reactive ketones (excluding diaryl/α,β-unsaturated/α-hetero) is 1. The largest absolute Gasteiger partial charge is 0.391 e. The van der Waals surface area contributed by atoms with E-state index in [0.717, 1.165) is 34.8 Å². The second-order valence-electron chi connectivity index (χ2n) is 10.1. The molecule has 4 rings (SSSR count). The Kier molecular flexibility index (Phi) is 8.23. The third kappa shape index (κ3) is 5.90. The fourth-order valence-electron chi connectivity index (χ4n) is 5.40. The van der Waals surface area contributed by atoms with Crippen LogP contribution in [0.3, 0.4) is 0 Å². The summed E-state index contributed by atoms with van der Waals surface area (Å²) in [5.74, 6) is -3.56. The topological polar surface area (TPSA) is 67.3 Å². The monoisotopic (exact) mass is 562 g/mol. The minimum Gasteiger partial charge on any atom is -0.298 e. The zero-order chi connectivity index (χ0) is 27.8. The summed E-state index contributed by atoms with van der Waals surface area (Å²) in [4.78, 5) is 16.9. The van der Waals surface area contributed by atoms with E-state index in [4.69, 9.17) is 0 Å². The fraction of sp³-hybridized carbons (Fsp3) is 0.538. The summed E-state index contributed by atoms with van der Waals surface area (Å²) in [6.07, 6.45) is -5.17. The Morgan fingerprint density at radius 1 is 1.08 bits per heavy atom. The molecule has 12 heteroatoms. The zero-order valence-electron chi connectivity index (χ0n) is 20.6. The van der Waals surface area contributed by atoms with E-state index in [9.17, 15) is 39.6 Å². The van der Waals surface area contributed by atoms with Crippen LogP contribution >= 0.6 is 0 Å². The maximum Gasteiger partial charge on any atom is 0.391 e. The molecule has 208 valence electrons. The van der Waals surface area contributed by atoms with Gasteiger partial charge in [-0.05, 0) is 74.9 Å². The van der Waals surface area contributed by atoms with Gasteiger partial charge in [0.05, 0.1) is 29.1 Å². The summed E-state index contributed by atoms with van der Waals surface area (Å²) >= 11 is 0. The molecule has 1 saturated heterocycles. The number of halogens is 6. The second kappa shape index (κ2) is 11.0. The molecule has 0 unspecified atom stereocenters. The highest BCUT2D eigenvalue weighted by molar-refractivity contribution is 7.89. The molecule has 3 atom stereocenters. The molecule has 1 aromatic carbocycles. The van der Waals surface area contributed by atoms with Crippen molar-refractivity contribution in [2.24, 2.45) is 5.92 Å². The van der Waals surface area contributed by atoms with E-state index < -0.39 is 57.8 Å². The van der Waals surface area contributed by atoms with Gasteiger partial charge in [0, 0.05) is 24.5 Å². The quantitative estimate of drug-likeness (QED) is 0.395. The molecule has 0 N–H and O–H groups in total. The standard InChI is InChI=1S/C26H28F6N2O3S/c1-15-21(28)13-24(34(15)38(36,37)20-9-7-19(27)8-10-20)25(35)11-4-17-12-23(33-14-22(17)29)16-2-5-18(6-3-16)26(30,31)32/h7-10,12,14-16,18,21,24H,2-6,11,13H2,1H3/t15-,16?,18?,21+,24-/m0/s1. The van der Waals surface area contributed by atoms with Crippen LogP contribution in [0, 0.1) is 17.6 Å². The smallest absolute Gasteiger partial charge is 0.298 e. The molecule has 0 radical (unpaired) electrons. The first kappa shape index (κ1) is 28.5. The highest BCUT2D eigenvalue weighted by Crippen LogP contribution is 2.42. The number of benzene rings is 1. The van der Waals surface area contributed by atoms with Crippen LogP contribution in [-0.2, 0) is 21.2 Å². The molecule has 1 aliphatic heterocycles. The maximum absolute atomic E-state index is 14.6. The molecule has 2 heterocycles. The van der Waals surface area contributed by atoms with Crippen LogP contribution in [-0.4, -0.2) is 47.9 Å². The van der Waals surface area contributed by atoms with Gasteiger partial charge in [-0.3, -0.25) is 9.78 Å². The highest BCUT2D eigenvalue weighted by atomic mass is 32.2. The maximum atomic E-state index is 14.6. The number of aryl methyl sites for hydroxylation is 1. The minimum atomic E-state index is -4.32. The molecule has 0 spiro atoms. The van der Waals surface area contributed by atoms with Gasteiger partial charge < -0.3 is 0 Å². The SMILES string of the molecule is C[C@H]1[C@H](F)C[C@@H](C(=O)CCc2cc(C3CCC(C(F)(F)F)CC3)ncc2F)N1S(=O)(=O)c1ccc(F)cc1. The summed E-state index contributed by atoms with van der Waals surface area (Å²) in [5.41, 5.74) is 0.588. The van der Waals surface area contributed by atoms with Crippen LogP contribution in [0.25, 0.3) is 0 Å². The molecule has 1 aliphatic carbocycles. The Morgan fingerprint density at radius 2 is 1.71 bits per heavy atom. The number of ketones is 1. The summed E-state index contributed by atoms with van der Waals surface area (Å²) < 4.78 is 109. The van der Waals surface area contributed by atoms with Crippen molar-refractivity contribution < 1.29 is 39.6 Å². The van der Waals surface area contributed by atoms with Gasteiger partial charge >= 0.3 is 6.18 Å². The van der Waals surface area contributed by atoms with Crippen molar-refractivity contribution in [1.29, 1.82) is 0 Å². The summed E-state index contributed by atoms with van der Waals surface area (Å²) in [6.45, 7) is 1.35. The predicted molar refractivity (Wildman–Crippen MR) is 126 cm³/mol. The first-order valence-corrected chi connectivity index (χ1v) is 13.9. The van der Waals surface area contributed by atoms with E-state index in [-0.39, 0.29) is 61.3 Å². The van der Waals surface area contributed by atoms with Crippen LogP contribution in [0.1, 0.15) is 62.6 Å². The number of sulfonamides is 1. The Labute approximate surface area is 217 Å². The molecule has 1 saturated carbocycles. The fourth-order valence-corrected chi connectivity index (χ4v) is 7.23. The van der Waals surface area contributed by atoms with E-state index in [0.29, 0.717) is 5.69 Å². The van der Waals surface area contributed by atoms with Crippen molar-refractivity contribution >= 4 is 15.8 Å². The molecular formula is C26H28F6N2O3S.